The van der Waals surface area contributed by atoms with E-state index in [9.17, 15) is 9.18 Å². The van der Waals surface area contributed by atoms with Crippen molar-refractivity contribution < 1.29 is 13.9 Å². The molecule has 30 heavy (non-hydrogen) atoms. The van der Waals surface area contributed by atoms with Crippen LogP contribution in [0.4, 0.5) is 10.2 Å². The molecule has 0 aliphatic heterocycles. The molecule has 0 radical (unpaired) electrons. The molecule has 2 aromatic heterocycles. The van der Waals surface area contributed by atoms with Crippen molar-refractivity contribution in [1.29, 1.82) is 0 Å². The molecule has 0 unspecified atom stereocenters. The predicted molar refractivity (Wildman–Crippen MR) is 111 cm³/mol. The van der Waals surface area contributed by atoms with Crippen LogP contribution in [0.15, 0.2) is 54.9 Å². The number of carbonyl (C=O) groups is 1. The molecule has 154 valence electrons. The van der Waals surface area contributed by atoms with E-state index < -0.39 is 11.2 Å². The number of nitrogens with zero attached hydrogens (tertiary/aromatic N) is 3. The normalized spacial score (nSPS) is 19.9. The van der Waals surface area contributed by atoms with Crippen molar-refractivity contribution >= 4 is 11.7 Å². The second-order valence-electron chi connectivity index (χ2n) is 7.51. The first-order valence-electron chi connectivity index (χ1n) is 9.95. The number of nitrogens with one attached hydrogen (secondary N) is 1. The largest absolute Gasteiger partial charge is 0.489 e. The Hall–Kier alpha value is -3.35. The molecule has 6 nitrogen and oxygen atoms in total. The number of amides is 1. The molecular weight excluding hydrogens is 383 g/mol. The van der Waals surface area contributed by atoms with Crippen LogP contribution < -0.4 is 10.1 Å². The Kier molecular flexibility index (Phi) is 5.44. The van der Waals surface area contributed by atoms with E-state index in [1.807, 2.05) is 44.2 Å². The van der Waals surface area contributed by atoms with Gasteiger partial charge >= 0.3 is 0 Å². The van der Waals surface area contributed by atoms with Crippen LogP contribution in [-0.2, 0) is 16.6 Å². The smallest absolute Gasteiger partial charge is 0.229 e. The lowest BCUT2D eigenvalue weighted by Crippen LogP contribution is -2.27. The number of aromatic nitrogens is 3. The molecule has 0 spiro atoms. The first kappa shape index (κ1) is 19.9. The molecule has 4 rings (SSSR count). The second-order valence-corrected chi connectivity index (χ2v) is 7.51. The van der Waals surface area contributed by atoms with Crippen molar-refractivity contribution in [2.45, 2.75) is 32.1 Å². The zero-order valence-electron chi connectivity index (χ0n) is 16.9. The maximum Gasteiger partial charge on any atom is 0.229 e. The Morgan fingerprint density at radius 3 is 2.67 bits per heavy atom. The molecule has 3 aromatic rings. The van der Waals surface area contributed by atoms with Gasteiger partial charge in [-0.25, -0.2) is 19.3 Å². The third kappa shape index (κ3) is 4.01. The Balaban J connectivity index is 1.52. The molecule has 1 aliphatic carbocycles. The minimum atomic E-state index is -0.446. The molecule has 0 bridgehead atoms. The van der Waals surface area contributed by atoms with E-state index in [2.05, 4.69) is 20.3 Å². The molecule has 1 aromatic carbocycles. The number of carbonyl (C=O) groups excluding carboxylic acids is 1. The van der Waals surface area contributed by atoms with E-state index in [1.165, 1.54) is 12.1 Å². The summed E-state index contributed by atoms with van der Waals surface area (Å²) in [4.78, 5) is 25.6. The number of ether oxygens (including phenoxy) is 1. The van der Waals surface area contributed by atoms with Crippen LogP contribution in [-0.4, -0.2) is 27.5 Å². The summed E-state index contributed by atoms with van der Waals surface area (Å²) in [6.07, 6.45) is 4.18. The van der Waals surface area contributed by atoms with Gasteiger partial charge in [0.25, 0.3) is 0 Å². The molecule has 2 heterocycles. The van der Waals surface area contributed by atoms with Crippen LogP contribution in [0.25, 0.3) is 0 Å². The molecule has 1 saturated carbocycles. The highest BCUT2D eigenvalue weighted by Gasteiger charge is 2.60. The summed E-state index contributed by atoms with van der Waals surface area (Å²) in [5.74, 6) is 0.842. The Morgan fingerprint density at radius 1 is 1.20 bits per heavy atom. The molecule has 7 heteroatoms. The van der Waals surface area contributed by atoms with Crippen molar-refractivity contribution in [2.75, 3.05) is 11.9 Å². The molecule has 1 amide bonds. The van der Waals surface area contributed by atoms with E-state index in [1.54, 1.807) is 6.20 Å². The summed E-state index contributed by atoms with van der Waals surface area (Å²) in [6, 6.07) is 12.6. The quantitative estimate of drug-likeness (QED) is 0.645. The molecule has 1 N–H and O–H groups in total. The summed E-state index contributed by atoms with van der Waals surface area (Å²) in [6.45, 7) is 4.23. The average molecular weight is 406 g/mol. The van der Waals surface area contributed by atoms with E-state index in [0.29, 0.717) is 24.6 Å². The van der Waals surface area contributed by atoms with Crippen LogP contribution in [0, 0.1) is 18.7 Å². The number of anilines is 1. The zero-order chi connectivity index (χ0) is 21.1. The van der Waals surface area contributed by atoms with E-state index in [4.69, 9.17) is 4.74 Å². The van der Waals surface area contributed by atoms with Gasteiger partial charge in [-0.15, -0.1) is 0 Å². The first-order chi connectivity index (χ1) is 14.5. The number of benzene rings is 1. The van der Waals surface area contributed by atoms with Gasteiger partial charge in [-0.2, -0.15) is 0 Å². The topological polar surface area (TPSA) is 77.0 Å². The number of hydrogen-bond acceptors (Lipinski definition) is 5. The van der Waals surface area contributed by atoms with Crippen LogP contribution in [0.1, 0.15) is 30.4 Å². The highest BCUT2D eigenvalue weighted by molar-refractivity contribution is 5.95. The third-order valence-corrected chi connectivity index (χ3v) is 5.50. The lowest BCUT2D eigenvalue weighted by atomic mass is 9.93. The van der Waals surface area contributed by atoms with Crippen LogP contribution >= 0.6 is 0 Å². The number of halogens is 1. The van der Waals surface area contributed by atoms with Gasteiger partial charge in [-0.1, -0.05) is 37.3 Å². The average Bonchev–Trinajstić information content (AvgIpc) is 3.51. The molecule has 2 atom stereocenters. The number of pyridine rings is 1. The van der Waals surface area contributed by atoms with Gasteiger partial charge in [0.2, 0.25) is 5.91 Å². The molecule has 1 fully saturated rings. The highest BCUT2D eigenvalue weighted by Crippen LogP contribution is 2.55. The fraction of sp³-hybridized carbons (Fsp3) is 0.304. The lowest BCUT2D eigenvalue weighted by Gasteiger charge is -2.19. The standard InChI is InChI=1S/C23H23FN4O2/c1-3-20-26-13-19(15(2)27-20)30-14-23(16-7-5-4-6-8-16)11-18(23)22(29)28-21-10-9-17(24)12-25-21/h4-10,12-13,18H,3,11,14H2,1-2H3,(H,25,28,29)/t18-,23+/m0/s1. The Bertz CT molecular complexity index is 1040. The van der Waals surface area contributed by atoms with E-state index in [0.717, 1.165) is 29.7 Å². The van der Waals surface area contributed by atoms with Gasteiger partial charge in [-0.05, 0) is 31.0 Å². The second kappa shape index (κ2) is 8.18. The van der Waals surface area contributed by atoms with Crippen molar-refractivity contribution in [1.82, 2.24) is 15.0 Å². The van der Waals surface area contributed by atoms with Crippen molar-refractivity contribution in [3.8, 4) is 5.75 Å². The first-order valence-corrected chi connectivity index (χ1v) is 9.95. The Labute approximate surface area is 174 Å². The van der Waals surface area contributed by atoms with Gasteiger partial charge in [0, 0.05) is 11.8 Å². The van der Waals surface area contributed by atoms with Gasteiger partial charge in [0.1, 0.15) is 17.5 Å². The van der Waals surface area contributed by atoms with Crippen molar-refractivity contribution in [3.63, 3.8) is 0 Å². The SMILES string of the molecule is CCc1ncc(OC[C@@]2(c3ccccc3)C[C@H]2C(=O)Nc2ccc(F)cn2)c(C)n1. The maximum atomic E-state index is 13.1. The maximum absolute atomic E-state index is 13.1. The van der Waals surface area contributed by atoms with Crippen molar-refractivity contribution in [3.05, 3.63) is 77.8 Å². The molecular formula is C23H23FN4O2. The predicted octanol–water partition coefficient (Wildman–Crippen LogP) is 3.86. The number of aryl methyl sites for hydroxylation is 2. The van der Waals surface area contributed by atoms with Gasteiger partial charge in [0.05, 0.1) is 30.6 Å². The summed E-state index contributed by atoms with van der Waals surface area (Å²) < 4.78 is 19.2. The highest BCUT2D eigenvalue weighted by atomic mass is 19.1. The molecule has 0 saturated heterocycles. The molecule has 1 aliphatic rings. The summed E-state index contributed by atoms with van der Waals surface area (Å²) in [5.41, 5.74) is 1.38. The van der Waals surface area contributed by atoms with E-state index in [-0.39, 0.29) is 11.8 Å². The number of rotatable bonds is 7. The van der Waals surface area contributed by atoms with Gasteiger partial charge in [-0.3, -0.25) is 4.79 Å². The summed E-state index contributed by atoms with van der Waals surface area (Å²) in [5, 5.41) is 2.78. The zero-order valence-corrected chi connectivity index (χ0v) is 16.9. The minimum absolute atomic E-state index is 0.157. The van der Waals surface area contributed by atoms with Crippen LogP contribution in [0.3, 0.4) is 0 Å². The van der Waals surface area contributed by atoms with Gasteiger partial charge in [0.15, 0.2) is 5.75 Å². The van der Waals surface area contributed by atoms with Crippen LogP contribution in [0.5, 0.6) is 5.75 Å². The van der Waals surface area contributed by atoms with Crippen molar-refractivity contribution in [2.24, 2.45) is 5.92 Å². The third-order valence-electron chi connectivity index (χ3n) is 5.50. The summed E-state index contributed by atoms with van der Waals surface area (Å²) in [7, 11) is 0. The fourth-order valence-corrected chi connectivity index (χ4v) is 3.67. The monoisotopic (exact) mass is 406 g/mol. The fourth-order valence-electron chi connectivity index (χ4n) is 3.67. The lowest BCUT2D eigenvalue weighted by molar-refractivity contribution is -0.117. The van der Waals surface area contributed by atoms with E-state index >= 15 is 0 Å². The van der Waals surface area contributed by atoms with Crippen LogP contribution in [0.2, 0.25) is 0 Å². The minimum Gasteiger partial charge on any atom is -0.489 e. The summed E-state index contributed by atoms with van der Waals surface area (Å²) >= 11 is 0. The number of hydrogen-bond donors (Lipinski definition) is 1. The van der Waals surface area contributed by atoms with Gasteiger partial charge < -0.3 is 10.1 Å². The Morgan fingerprint density at radius 2 is 2.00 bits per heavy atom.